The lowest BCUT2D eigenvalue weighted by molar-refractivity contribution is -0.135. The minimum atomic E-state index is -4.09. The van der Waals surface area contributed by atoms with Crippen LogP contribution in [0, 0.1) is 0 Å². The van der Waals surface area contributed by atoms with Gasteiger partial charge < -0.3 is 13.3 Å². The summed E-state index contributed by atoms with van der Waals surface area (Å²) >= 11 is 0. The summed E-state index contributed by atoms with van der Waals surface area (Å²) < 4.78 is 54.1. The molecule has 0 rings (SSSR count). The third-order valence-corrected chi connectivity index (χ3v) is 5.67. The summed E-state index contributed by atoms with van der Waals surface area (Å²) in [5, 5.41) is 0. The second kappa shape index (κ2) is 11.5. The van der Waals surface area contributed by atoms with Gasteiger partial charge in [0.15, 0.2) is 0 Å². The van der Waals surface area contributed by atoms with Crippen molar-refractivity contribution in [2.75, 3.05) is 19.8 Å². The fourth-order valence-electron chi connectivity index (χ4n) is 1.78. The van der Waals surface area contributed by atoms with Gasteiger partial charge in [-0.2, -0.15) is 13.2 Å². The molecule has 0 spiro atoms. The lowest BCUT2D eigenvalue weighted by atomic mass is 10.2. The third kappa shape index (κ3) is 11.2. The fraction of sp³-hybridized carbons (Fsp3) is 1.00. The summed E-state index contributed by atoms with van der Waals surface area (Å²) in [5.74, 6) is 0. The van der Waals surface area contributed by atoms with E-state index in [1.807, 2.05) is 20.8 Å². The van der Waals surface area contributed by atoms with Crippen LogP contribution in [0.2, 0.25) is 6.04 Å². The summed E-state index contributed by atoms with van der Waals surface area (Å²) in [6.07, 6.45) is -1.83. The Balaban J connectivity index is 4.48. The van der Waals surface area contributed by atoms with E-state index in [0.29, 0.717) is 32.3 Å². The molecule has 7 heteroatoms. The average Bonchev–Trinajstić information content (AvgIpc) is 2.43. The van der Waals surface area contributed by atoms with Crippen molar-refractivity contribution in [3.8, 4) is 0 Å². The summed E-state index contributed by atoms with van der Waals surface area (Å²) in [6, 6.07) is 0.461. The first-order valence-electron chi connectivity index (χ1n) is 7.87. The zero-order valence-corrected chi connectivity index (χ0v) is 14.4. The predicted octanol–water partition coefficient (Wildman–Crippen LogP) is 4.94. The van der Waals surface area contributed by atoms with E-state index in [4.69, 9.17) is 13.3 Å². The van der Waals surface area contributed by atoms with Gasteiger partial charge in [-0.05, 0) is 32.1 Å². The van der Waals surface area contributed by atoms with Crippen molar-refractivity contribution < 1.29 is 26.4 Å². The van der Waals surface area contributed by atoms with Crippen LogP contribution >= 0.6 is 0 Å². The molecule has 128 valence electrons. The molecule has 3 nitrogen and oxygen atoms in total. The molecule has 0 N–H and O–H groups in total. The third-order valence-electron chi connectivity index (χ3n) is 2.77. The van der Waals surface area contributed by atoms with E-state index in [0.717, 1.165) is 19.3 Å². The van der Waals surface area contributed by atoms with Gasteiger partial charge in [0.25, 0.3) is 0 Å². The van der Waals surface area contributed by atoms with Crippen molar-refractivity contribution in [3.05, 3.63) is 0 Å². The molecule has 0 aromatic rings. The molecule has 0 heterocycles. The van der Waals surface area contributed by atoms with Gasteiger partial charge in [-0.25, -0.2) is 0 Å². The van der Waals surface area contributed by atoms with Crippen LogP contribution < -0.4 is 0 Å². The van der Waals surface area contributed by atoms with Gasteiger partial charge in [0, 0.05) is 32.3 Å². The van der Waals surface area contributed by atoms with Gasteiger partial charge in [-0.15, -0.1) is 0 Å². The van der Waals surface area contributed by atoms with E-state index < -0.39 is 21.4 Å². The van der Waals surface area contributed by atoms with E-state index in [-0.39, 0.29) is 6.42 Å². The van der Waals surface area contributed by atoms with Gasteiger partial charge in [-0.3, -0.25) is 0 Å². The first kappa shape index (κ1) is 20.9. The molecular weight excluding hydrogens is 301 g/mol. The van der Waals surface area contributed by atoms with Crippen molar-refractivity contribution in [2.45, 2.75) is 71.5 Å². The average molecular weight is 330 g/mol. The molecule has 0 atom stereocenters. The number of unbranched alkanes of at least 4 members (excludes halogenated alkanes) is 1. The Morgan fingerprint density at radius 2 is 1.19 bits per heavy atom. The molecule has 0 amide bonds. The predicted molar refractivity (Wildman–Crippen MR) is 79.2 cm³/mol. The molecule has 0 aliphatic rings. The second-order valence-corrected chi connectivity index (χ2v) is 7.78. The molecule has 0 aromatic carbocycles. The largest absolute Gasteiger partial charge is 0.500 e. The van der Waals surface area contributed by atoms with Crippen LogP contribution in [0.15, 0.2) is 0 Å². The minimum absolute atomic E-state index is 0.0959. The molecular formula is C14H29F3O3Si. The second-order valence-electron chi connectivity index (χ2n) is 5.05. The Morgan fingerprint density at radius 1 is 0.762 bits per heavy atom. The highest BCUT2D eigenvalue weighted by molar-refractivity contribution is 6.60. The van der Waals surface area contributed by atoms with Crippen molar-refractivity contribution >= 4 is 8.80 Å². The molecule has 0 aliphatic heterocycles. The van der Waals surface area contributed by atoms with Crippen LogP contribution in [-0.2, 0) is 13.3 Å². The first-order valence-corrected chi connectivity index (χ1v) is 9.81. The number of hydrogen-bond donors (Lipinski definition) is 0. The smallest absolute Gasteiger partial charge is 0.373 e. The highest BCUT2D eigenvalue weighted by atomic mass is 28.4. The standard InChI is InChI=1S/C14H29F3O3Si/c1-4-10-18-21(19-11-5-2,20-12-6-3)13-8-7-9-14(15,16)17/h4-13H2,1-3H3. The SMILES string of the molecule is CCCO[Si](CCCCC(F)(F)F)(OCCC)OCCC. The topological polar surface area (TPSA) is 27.7 Å². The number of alkyl halides is 3. The Morgan fingerprint density at radius 3 is 1.52 bits per heavy atom. The molecule has 0 aliphatic carbocycles. The van der Waals surface area contributed by atoms with Crippen molar-refractivity contribution in [1.29, 1.82) is 0 Å². The zero-order valence-electron chi connectivity index (χ0n) is 13.4. The highest BCUT2D eigenvalue weighted by Gasteiger charge is 2.40. The summed E-state index contributed by atoms with van der Waals surface area (Å²) in [4.78, 5) is 0. The van der Waals surface area contributed by atoms with Gasteiger partial charge in [0.2, 0.25) is 0 Å². The van der Waals surface area contributed by atoms with Crippen LogP contribution in [0.5, 0.6) is 0 Å². The number of rotatable bonds is 13. The monoisotopic (exact) mass is 330 g/mol. The van der Waals surface area contributed by atoms with E-state index >= 15 is 0 Å². The molecule has 0 unspecified atom stereocenters. The zero-order chi connectivity index (χ0) is 16.2. The van der Waals surface area contributed by atoms with E-state index in [2.05, 4.69) is 0 Å². The van der Waals surface area contributed by atoms with Crippen molar-refractivity contribution in [2.24, 2.45) is 0 Å². The summed E-state index contributed by atoms with van der Waals surface area (Å²) in [7, 11) is -2.82. The lowest BCUT2D eigenvalue weighted by Gasteiger charge is -2.29. The molecule has 21 heavy (non-hydrogen) atoms. The fourth-order valence-corrected chi connectivity index (χ4v) is 4.69. The lowest BCUT2D eigenvalue weighted by Crippen LogP contribution is -2.46. The van der Waals surface area contributed by atoms with E-state index in [1.165, 1.54) is 0 Å². The Hall–Kier alpha value is -0.113. The van der Waals surface area contributed by atoms with Crippen LogP contribution in [0.3, 0.4) is 0 Å². The van der Waals surface area contributed by atoms with Gasteiger partial charge in [-0.1, -0.05) is 20.8 Å². The van der Waals surface area contributed by atoms with Crippen LogP contribution in [-0.4, -0.2) is 34.8 Å². The molecule has 0 bridgehead atoms. The maximum absolute atomic E-state index is 12.2. The first-order chi connectivity index (χ1) is 9.89. The highest BCUT2D eigenvalue weighted by Crippen LogP contribution is 2.26. The van der Waals surface area contributed by atoms with Gasteiger partial charge >= 0.3 is 15.0 Å². The van der Waals surface area contributed by atoms with Crippen LogP contribution in [0.25, 0.3) is 0 Å². The summed E-state index contributed by atoms with van der Waals surface area (Å²) in [6.45, 7) is 7.55. The van der Waals surface area contributed by atoms with Crippen molar-refractivity contribution in [1.82, 2.24) is 0 Å². The molecule has 0 aromatic heterocycles. The Bertz CT molecular complexity index is 228. The summed E-state index contributed by atoms with van der Waals surface area (Å²) in [5.41, 5.74) is 0. The minimum Gasteiger partial charge on any atom is -0.373 e. The molecule has 0 fully saturated rings. The molecule has 0 saturated heterocycles. The Kier molecular flexibility index (Phi) is 11.4. The molecule has 0 saturated carbocycles. The van der Waals surface area contributed by atoms with Crippen LogP contribution in [0.4, 0.5) is 13.2 Å². The van der Waals surface area contributed by atoms with E-state index in [9.17, 15) is 13.2 Å². The number of halogens is 3. The maximum Gasteiger partial charge on any atom is 0.500 e. The van der Waals surface area contributed by atoms with Crippen LogP contribution in [0.1, 0.15) is 59.3 Å². The normalized spacial score (nSPS) is 12.9. The maximum atomic E-state index is 12.2. The van der Waals surface area contributed by atoms with Gasteiger partial charge in [0.1, 0.15) is 0 Å². The quantitative estimate of drug-likeness (QED) is 0.354. The molecule has 0 radical (unpaired) electrons. The van der Waals surface area contributed by atoms with E-state index in [1.54, 1.807) is 0 Å². The van der Waals surface area contributed by atoms with Crippen molar-refractivity contribution in [3.63, 3.8) is 0 Å². The van der Waals surface area contributed by atoms with Gasteiger partial charge in [0.05, 0.1) is 0 Å². The number of hydrogen-bond acceptors (Lipinski definition) is 3. The Labute approximate surface area is 127 Å².